The van der Waals surface area contributed by atoms with Crippen LogP contribution in [-0.2, 0) is 7.05 Å². The number of carboxylic acids is 1. The molecule has 0 bridgehead atoms. The molecule has 2 heterocycles. The number of rotatable bonds is 2. The van der Waals surface area contributed by atoms with E-state index in [2.05, 4.69) is 15.1 Å². The van der Waals surface area contributed by atoms with E-state index < -0.39 is 5.97 Å². The predicted molar refractivity (Wildman–Crippen MR) is 51.2 cm³/mol. The molecule has 0 fully saturated rings. The van der Waals surface area contributed by atoms with Gasteiger partial charge in [0.05, 0.1) is 0 Å². The number of aromatic carboxylic acids is 1. The van der Waals surface area contributed by atoms with Crippen molar-refractivity contribution in [3.63, 3.8) is 0 Å². The summed E-state index contributed by atoms with van der Waals surface area (Å²) < 4.78 is 1.21. The monoisotopic (exact) mass is 204 g/mol. The molecule has 0 unspecified atom stereocenters. The van der Waals surface area contributed by atoms with Crippen LogP contribution in [0.1, 0.15) is 10.6 Å². The van der Waals surface area contributed by atoms with Gasteiger partial charge in [-0.25, -0.2) is 9.48 Å². The molecule has 1 N–H and O–H groups in total. The minimum atomic E-state index is -1.10. The molecule has 0 amide bonds. The molecule has 2 aromatic heterocycles. The molecule has 0 radical (unpaired) electrons. The maximum absolute atomic E-state index is 10.7. The van der Waals surface area contributed by atoms with Gasteiger partial charge >= 0.3 is 5.97 Å². The number of pyridine rings is 1. The number of hydrogen-bond donors (Lipinski definition) is 1. The summed E-state index contributed by atoms with van der Waals surface area (Å²) in [4.78, 5) is 18.6. The van der Waals surface area contributed by atoms with Crippen molar-refractivity contribution in [1.82, 2.24) is 19.7 Å². The number of aromatic nitrogens is 4. The quantitative estimate of drug-likeness (QED) is 0.773. The predicted octanol–water partition coefficient (Wildman–Crippen LogP) is 0.575. The summed E-state index contributed by atoms with van der Waals surface area (Å²) in [5.74, 6) is -0.890. The number of nitrogens with zero attached hydrogens (tertiary/aromatic N) is 4. The summed E-state index contributed by atoms with van der Waals surface area (Å²) in [5, 5.41) is 12.7. The Morgan fingerprint density at radius 2 is 2.27 bits per heavy atom. The van der Waals surface area contributed by atoms with Gasteiger partial charge in [0.25, 0.3) is 0 Å². The first kappa shape index (κ1) is 9.32. The Hall–Kier alpha value is -2.24. The first-order chi connectivity index (χ1) is 7.18. The molecule has 0 aromatic carbocycles. The van der Waals surface area contributed by atoms with Crippen LogP contribution in [0.4, 0.5) is 0 Å². The topological polar surface area (TPSA) is 80.9 Å². The highest BCUT2D eigenvalue weighted by atomic mass is 16.4. The maximum Gasteiger partial charge on any atom is 0.373 e. The Morgan fingerprint density at radius 1 is 1.47 bits per heavy atom. The fourth-order valence-electron chi connectivity index (χ4n) is 1.17. The zero-order chi connectivity index (χ0) is 10.8. The summed E-state index contributed by atoms with van der Waals surface area (Å²) in [5.41, 5.74) is 0.556. The maximum atomic E-state index is 10.7. The molecule has 0 aliphatic heterocycles. The molecule has 6 heteroatoms. The highest BCUT2D eigenvalue weighted by Gasteiger charge is 2.14. The molecular formula is C9H8N4O2. The molecule has 2 rings (SSSR count). The number of aryl methyl sites for hydroxylation is 1. The Kier molecular flexibility index (Phi) is 2.17. The van der Waals surface area contributed by atoms with Crippen molar-refractivity contribution >= 4 is 5.97 Å². The largest absolute Gasteiger partial charge is 0.475 e. The fraction of sp³-hybridized carbons (Fsp3) is 0.111. The Morgan fingerprint density at radius 3 is 2.80 bits per heavy atom. The van der Waals surface area contributed by atoms with Gasteiger partial charge in [0, 0.05) is 13.2 Å². The average molecular weight is 204 g/mol. The van der Waals surface area contributed by atoms with Gasteiger partial charge in [-0.05, 0) is 12.1 Å². The van der Waals surface area contributed by atoms with Crippen molar-refractivity contribution in [3.05, 3.63) is 30.2 Å². The minimum Gasteiger partial charge on any atom is -0.475 e. The van der Waals surface area contributed by atoms with Gasteiger partial charge in [-0.15, -0.1) is 5.10 Å². The van der Waals surface area contributed by atoms with E-state index in [9.17, 15) is 4.79 Å². The van der Waals surface area contributed by atoms with Crippen LogP contribution >= 0.6 is 0 Å². The van der Waals surface area contributed by atoms with Gasteiger partial charge in [-0.2, -0.15) is 4.98 Å². The highest BCUT2D eigenvalue weighted by molar-refractivity contribution is 5.83. The molecule has 0 atom stereocenters. The highest BCUT2D eigenvalue weighted by Crippen LogP contribution is 2.11. The second-order valence-corrected chi connectivity index (χ2v) is 2.90. The van der Waals surface area contributed by atoms with Gasteiger partial charge in [-0.3, -0.25) is 4.98 Å². The first-order valence-electron chi connectivity index (χ1n) is 4.24. The fourth-order valence-corrected chi connectivity index (χ4v) is 1.17. The first-order valence-corrected chi connectivity index (χ1v) is 4.24. The molecule has 0 aliphatic carbocycles. The van der Waals surface area contributed by atoms with Crippen molar-refractivity contribution in [3.8, 4) is 11.5 Å². The van der Waals surface area contributed by atoms with Gasteiger partial charge in [-0.1, -0.05) is 6.07 Å². The lowest BCUT2D eigenvalue weighted by Crippen LogP contribution is -2.06. The Labute approximate surface area is 85.2 Å². The van der Waals surface area contributed by atoms with E-state index in [1.165, 1.54) is 11.7 Å². The lowest BCUT2D eigenvalue weighted by atomic mass is 10.3. The third-order valence-electron chi connectivity index (χ3n) is 1.85. The molecule has 0 saturated carbocycles. The molecule has 76 valence electrons. The van der Waals surface area contributed by atoms with Crippen LogP contribution in [0.2, 0.25) is 0 Å². The van der Waals surface area contributed by atoms with Crippen LogP contribution in [0, 0.1) is 0 Å². The molecule has 6 nitrogen and oxygen atoms in total. The summed E-state index contributed by atoms with van der Waals surface area (Å²) in [6.07, 6.45) is 1.60. The van der Waals surface area contributed by atoms with Gasteiger partial charge in [0.1, 0.15) is 5.69 Å². The molecule has 0 saturated heterocycles. The number of hydrogen-bond acceptors (Lipinski definition) is 4. The lowest BCUT2D eigenvalue weighted by molar-refractivity contribution is 0.0678. The molecule has 15 heavy (non-hydrogen) atoms. The molecular weight excluding hydrogens is 196 g/mol. The molecule has 0 aliphatic rings. The van der Waals surface area contributed by atoms with Crippen LogP contribution < -0.4 is 0 Å². The van der Waals surface area contributed by atoms with Crippen molar-refractivity contribution in [1.29, 1.82) is 0 Å². The van der Waals surface area contributed by atoms with Gasteiger partial charge in [0.15, 0.2) is 0 Å². The van der Waals surface area contributed by atoms with E-state index in [0.717, 1.165) is 0 Å². The molecule has 0 spiro atoms. The third-order valence-corrected chi connectivity index (χ3v) is 1.85. The Bertz CT molecular complexity index is 492. The van der Waals surface area contributed by atoms with Gasteiger partial charge < -0.3 is 5.11 Å². The average Bonchev–Trinajstić information content (AvgIpc) is 2.62. The second-order valence-electron chi connectivity index (χ2n) is 2.90. The third kappa shape index (κ3) is 1.69. The van der Waals surface area contributed by atoms with Crippen molar-refractivity contribution in [2.24, 2.45) is 7.05 Å². The number of carbonyl (C=O) groups is 1. The number of carboxylic acid groups (broad SMARTS) is 1. The van der Waals surface area contributed by atoms with Crippen LogP contribution in [-0.4, -0.2) is 30.8 Å². The summed E-state index contributed by atoms with van der Waals surface area (Å²) in [7, 11) is 1.53. The van der Waals surface area contributed by atoms with E-state index in [0.29, 0.717) is 11.5 Å². The zero-order valence-electron chi connectivity index (χ0n) is 7.95. The standard InChI is InChI=1S/C9H8N4O2/c1-13-8(9(14)15)11-7(12-13)6-4-2-3-5-10-6/h2-5H,1H3,(H,14,15). The minimum absolute atomic E-state index is 0.101. The summed E-state index contributed by atoms with van der Waals surface area (Å²) in [6.45, 7) is 0. The zero-order valence-corrected chi connectivity index (χ0v) is 7.95. The lowest BCUT2D eigenvalue weighted by Gasteiger charge is -1.90. The van der Waals surface area contributed by atoms with E-state index in [1.54, 1.807) is 24.4 Å². The SMILES string of the molecule is Cn1nc(-c2ccccn2)nc1C(=O)O. The van der Waals surface area contributed by atoms with E-state index in [1.807, 2.05) is 0 Å². The van der Waals surface area contributed by atoms with Crippen LogP contribution in [0.25, 0.3) is 11.5 Å². The normalized spacial score (nSPS) is 10.2. The van der Waals surface area contributed by atoms with E-state index >= 15 is 0 Å². The van der Waals surface area contributed by atoms with Crippen molar-refractivity contribution < 1.29 is 9.90 Å². The van der Waals surface area contributed by atoms with Crippen LogP contribution in [0.3, 0.4) is 0 Å². The van der Waals surface area contributed by atoms with E-state index in [-0.39, 0.29) is 5.82 Å². The Balaban J connectivity index is 2.48. The van der Waals surface area contributed by atoms with Gasteiger partial charge in [0.2, 0.25) is 11.6 Å². The van der Waals surface area contributed by atoms with Crippen LogP contribution in [0.15, 0.2) is 24.4 Å². The second kappa shape index (κ2) is 3.49. The van der Waals surface area contributed by atoms with E-state index in [4.69, 9.17) is 5.11 Å². The van der Waals surface area contributed by atoms with Crippen LogP contribution in [0.5, 0.6) is 0 Å². The summed E-state index contributed by atoms with van der Waals surface area (Å²) >= 11 is 0. The smallest absolute Gasteiger partial charge is 0.373 e. The summed E-state index contributed by atoms with van der Waals surface area (Å²) in [6, 6.07) is 5.28. The van der Waals surface area contributed by atoms with Crippen molar-refractivity contribution in [2.75, 3.05) is 0 Å². The van der Waals surface area contributed by atoms with Crippen molar-refractivity contribution in [2.45, 2.75) is 0 Å². The molecule has 2 aromatic rings.